The standard InChI is InChI=1S/C17H25NO3/c1-3-4-12-5-8-14(9-6-12)18-17(20)13-7-10-16(21-2)15(19)11-13/h7,10-12,14,19H,3-6,8-9H2,1-2H3,(H,18,20). The number of rotatable bonds is 5. The van der Waals surface area contributed by atoms with E-state index in [9.17, 15) is 9.90 Å². The van der Waals surface area contributed by atoms with Gasteiger partial charge in [-0.2, -0.15) is 0 Å². The first-order valence-corrected chi connectivity index (χ1v) is 7.82. The first kappa shape index (κ1) is 15.7. The summed E-state index contributed by atoms with van der Waals surface area (Å²) in [4.78, 5) is 12.2. The third-order valence-electron chi connectivity index (χ3n) is 4.32. The predicted molar refractivity (Wildman–Crippen MR) is 82.8 cm³/mol. The van der Waals surface area contributed by atoms with Crippen LogP contribution in [-0.4, -0.2) is 24.2 Å². The molecule has 1 amide bonds. The number of amides is 1. The maximum absolute atomic E-state index is 12.2. The highest BCUT2D eigenvalue weighted by molar-refractivity contribution is 5.95. The van der Waals surface area contributed by atoms with Crippen LogP contribution in [0.2, 0.25) is 0 Å². The molecule has 21 heavy (non-hydrogen) atoms. The van der Waals surface area contributed by atoms with Crippen LogP contribution in [0.15, 0.2) is 18.2 Å². The first-order valence-electron chi connectivity index (χ1n) is 7.82. The second-order valence-corrected chi connectivity index (χ2v) is 5.87. The Morgan fingerprint density at radius 3 is 2.62 bits per heavy atom. The van der Waals surface area contributed by atoms with Crippen LogP contribution < -0.4 is 10.1 Å². The molecule has 0 spiro atoms. The van der Waals surface area contributed by atoms with E-state index in [1.54, 1.807) is 12.1 Å². The Labute approximate surface area is 126 Å². The number of carbonyl (C=O) groups is 1. The Morgan fingerprint density at radius 1 is 1.33 bits per heavy atom. The molecule has 1 fully saturated rings. The topological polar surface area (TPSA) is 58.6 Å². The van der Waals surface area contributed by atoms with Crippen molar-refractivity contribution >= 4 is 5.91 Å². The number of methoxy groups -OCH3 is 1. The van der Waals surface area contributed by atoms with E-state index in [2.05, 4.69) is 12.2 Å². The summed E-state index contributed by atoms with van der Waals surface area (Å²) >= 11 is 0. The van der Waals surface area contributed by atoms with Gasteiger partial charge in [-0.25, -0.2) is 0 Å². The van der Waals surface area contributed by atoms with Crippen molar-refractivity contribution in [2.45, 2.75) is 51.5 Å². The zero-order valence-electron chi connectivity index (χ0n) is 12.9. The molecule has 4 heteroatoms. The molecule has 0 aromatic heterocycles. The molecule has 116 valence electrons. The van der Waals surface area contributed by atoms with Crippen LogP contribution >= 0.6 is 0 Å². The molecule has 1 aliphatic carbocycles. The number of phenols is 1. The number of aromatic hydroxyl groups is 1. The van der Waals surface area contributed by atoms with Gasteiger partial charge in [0.05, 0.1) is 7.11 Å². The van der Waals surface area contributed by atoms with E-state index in [0.29, 0.717) is 11.3 Å². The molecular weight excluding hydrogens is 266 g/mol. The molecule has 1 aliphatic rings. The third-order valence-corrected chi connectivity index (χ3v) is 4.32. The van der Waals surface area contributed by atoms with Gasteiger partial charge in [0.2, 0.25) is 0 Å². The van der Waals surface area contributed by atoms with Gasteiger partial charge in [-0.05, 0) is 49.8 Å². The lowest BCUT2D eigenvalue weighted by molar-refractivity contribution is 0.0920. The summed E-state index contributed by atoms with van der Waals surface area (Å²) < 4.78 is 4.98. The Kier molecular flexibility index (Phi) is 5.48. The smallest absolute Gasteiger partial charge is 0.251 e. The van der Waals surface area contributed by atoms with Crippen molar-refractivity contribution in [2.75, 3.05) is 7.11 Å². The molecule has 1 saturated carbocycles. The zero-order valence-corrected chi connectivity index (χ0v) is 12.9. The summed E-state index contributed by atoms with van der Waals surface area (Å²) in [5, 5.41) is 12.8. The average Bonchev–Trinajstić information content (AvgIpc) is 2.49. The summed E-state index contributed by atoms with van der Waals surface area (Å²) in [6.45, 7) is 2.23. The average molecular weight is 291 g/mol. The van der Waals surface area contributed by atoms with E-state index in [1.807, 2.05) is 0 Å². The molecule has 1 aromatic carbocycles. The van der Waals surface area contributed by atoms with Gasteiger partial charge in [0, 0.05) is 11.6 Å². The fourth-order valence-corrected chi connectivity index (χ4v) is 3.10. The third kappa shape index (κ3) is 4.13. The minimum absolute atomic E-state index is 0.00296. The minimum Gasteiger partial charge on any atom is -0.504 e. The zero-order chi connectivity index (χ0) is 15.2. The molecule has 0 heterocycles. The van der Waals surface area contributed by atoms with Gasteiger partial charge in [0.25, 0.3) is 5.91 Å². The molecule has 4 nitrogen and oxygen atoms in total. The van der Waals surface area contributed by atoms with Crippen LogP contribution in [0.3, 0.4) is 0 Å². The number of ether oxygens (including phenoxy) is 1. The number of hydrogen-bond donors (Lipinski definition) is 2. The van der Waals surface area contributed by atoms with E-state index in [0.717, 1.165) is 18.8 Å². The Morgan fingerprint density at radius 2 is 2.05 bits per heavy atom. The maximum atomic E-state index is 12.2. The van der Waals surface area contributed by atoms with Crippen molar-refractivity contribution in [3.8, 4) is 11.5 Å². The Balaban J connectivity index is 1.89. The van der Waals surface area contributed by atoms with Gasteiger partial charge in [-0.15, -0.1) is 0 Å². The van der Waals surface area contributed by atoms with Crippen molar-refractivity contribution in [3.05, 3.63) is 23.8 Å². The van der Waals surface area contributed by atoms with E-state index < -0.39 is 0 Å². The SMILES string of the molecule is CCCC1CCC(NC(=O)c2ccc(OC)c(O)c2)CC1. The summed E-state index contributed by atoms with van der Waals surface area (Å²) in [5.41, 5.74) is 0.476. The molecule has 2 N–H and O–H groups in total. The van der Waals surface area contributed by atoms with E-state index in [-0.39, 0.29) is 17.7 Å². The fraction of sp³-hybridized carbons (Fsp3) is 0.588. The molecule has 0 aliphatic heterocycles. The summed E-state index contributed by atoms with van der Waals surface area (Å²) in [6, 6.07) is 5.01. The van der Waals surface area contributed by atoms with Gasteiger partial charge >= 0.3 is 0 Å². The Bertz CT molecular complexity index is 479. The molecule has 0 unspecified atom stereocenters. The van der Waals surface area contributed by atoms with Crippen molar-refractivity contribution in [1.29, 1.82) is 0 Å². The molecular formula is C17H25NO3. The molecule has 1 aromatic rings. The highest BCUT2D eigenvalue weighted by Gasteiger charge is 2.22. The lowest BCUT2D eigenvalue weighted by Gasteiger charge is -2.29. The molecule has 2 rings (SSSR count). The highest BCUT2D eigenvalue weighted by atomic mass is 16.5. The van der Waals surface area contributed by atoms with Crippen molar-refractivity contribution < 1.29 is 14.6 Å². The normalized spacial score (nSPS) is 21.8. The molecule has 0 saturated heterocycles. The van der Waals surface area contributed by atoms with Crippen molar-refractivity contribution in [3.63, 3.8) is 0 Å². The largest absolute Gasteiger partial charge is 0.504 e. The van der Waals surface area contributed by atoms with Crippen molar-refractivity contribution in [2.24, 2.45) is 5.92 Å². The number of phenolic OH excluding ortho intramolecular Hbond substituents is 1. The molecule has 0 atom stereocenters. The summed E-state index contributed by atoms with van der Waals surface area (Å²) in [5.74, 6) is 1.09. The van der Waals surface area contributed by atoms with Crippen LogP contribution in [0, 0.1) is 5.92 Å². The summed E-state index contributed by atoms with van der Waals surface area (Å²) in [6.07, 6.45) is 7.05. The highest BCUT2D eigenvalue weighted by Crippen LogP contribution is 2.29. The number of hydrogen-bond acceptors (Lipinski definition) is 3. The second-order valence-electron chi connectivity index (χ2n) is 5.87. The lowest BCUT2D eigenvalue weighted by Crippen LogP contribution is -2.37. The minimum atomic E-state index is -0.119. The van der Waals surface area contributed by atoms with E-state index in [4.69, 9.17) is 4.74 Å². The van der Waals surface area contributed by atoms with Gasteiger partial charge in [0.15, 0.2) is 11.5 Å². The quantitative estimate of drug-likeness (QED) is 0.873. The van der Waals surface area contributed by atoms with Crippen LogP contribution in [-0.2, 0) is 0 Å². The van der Waals surface area contributed by atoms with Crippen LogP contribution in [0.25, 0.3) is 0 Å². The van der Waals surface area contributed by atoms with Gasteiger partial charge in [-0.1, -0.05) is 19.8 Å². The van der Waals surface area contributed by atoms with Gasteiger partial charge < -0.3 is 15.2 Å². The molecule has 0 radical (unpaired) electrons. The molecule has 0 bridgehead atoms. The van der Waals surface area contributed by atoms with Gasteiger partial charge in [-0.3, -0.25) is 4.79 Å². The first-order chi connectivity index (χ1) is 10.1. The van der Waals surface area contributed by atoms with Crippen LogP contribution in [0.4, 0.5) is 0 Å². The number of nitrogens with one attached hydrogen (secondary N) is 1. The lowest BCUT2D eigenvalue weighted by atomic mass is 9.83. The van der Waals surface area contributed by atoms with Crippen LogP contribution in [0.5, 0.6) is 11.5 Å². The monoisotopic (exact) mass is 291 g/mol. The van der Waals surface area contributed by atoms with Crippen LogP contribution in [0.1, 0.15) is 55.8 Å². The fourth-order valence-electron chi connectivity index (χ4n) is 3.10. The maximum Gasteiger partial charge on any atom is 0.251 e. The number of benzene rings is 1. The second kappa shape index (κ2) is 7.34. The number of carbonyl (C=O) groups excluding carboxylic acids is 1. The van der Waals surface area contributed by atoms with E-state index >= 15 is 0 Å². The van der Waals surface area contributed by atoms with Crippen molar-refractivity contribution in [1.82, 2.24) is 5.32 Å². The van der Waals surface area contributed by atoms with E-state index in [1.165, 1.54) is 38.9 Å². The summed E-state index contributed by atoms with van der Waals surface area (Å²) in [7, 11) is 1.49. The predicted octanol–water partition coefficient (Wildman–Crippen LogP) is 3.49. The van der Waals surface area contributed by atoms with Gasteiger partial charge in [0.1, 0.15) is 0 Å². The Hall–Kier alpha value is -1.71.